The summed E-state index contributed by atoms with van der Waals surface area (Å²) in [4.78, 5) is 0. The van der Waals surface area contributed by atoms with Gasteiger partial charge >= 0.3 is 0 Å². The van der Waals surface area contributed by atoms with Gasteiger partial charge in [0.05, 0.1) is 0 Å². The Hall–Kier alpha value is -0.149. The number of hydrogen-bond acceptors (Lipinski definition) is 3. The molecule has 0 aromatic carbocycles. The summed E-state index contributed by atoms with van der Waals surface area (Å²) in [6.45, 7) is 0. The van der Waals surface area contributed by atoms with Crippen LogP contribution in [-0.4, -0.2) is 24.7 Å². The van der Waals surface area contributed by atoms with Gasteiger partial charge in [-0.25, -0.2) is 0 Å². The van der Waals surface area contributed by atoms with Gasteiger partial charge in [-0.2, -0.15) is 0 Å². The topological polar surface area (TPSA) is 97.6 Å². The van der Waals surface area contributed by atoms with Crippen molar-refractivity contribution in [2.24, 2.45) is 5.40 Å². The molecule has 0 saturated carbocycles. The van der Waals surface area contributed by atoms with Crippen molar-refractivity contribution >= 4 is 24.7 Å². The van der Waals surface area contributed by atoms with Crippen molar-refractivity contribution in [3.05, 3.63) is 0 Å². The third-order valence-electron chi connectivity index (χ3n) is 0.435. The van der Waals surface area contributed by atoms with E-state index >= 15 is 0 Å². The van der Waals surface area contributed by atoms with Crippen molar-refractivity contribution < 1.29 is 0 Å². The number of nitrogens with one attached hydrogen (secondary N) is 3. The fraction of sp³-hybridized carbons (Fsp3) is 1.00. The van der Waals surface area contributed by atoms with Crippen molar-refractivity contribution in [3.8, 4) is 0 Å². The van der Waals surface area contributed by atoms with E-state index in [4.69, 9.17) is 20.6 Å². The highest BCUT2D eigenvalue weighted by atomic mass is 29.5. The molecular weight excluding hydrogens is 152 g/mol. The standard InChI is InChI=1S/CH4.H6N4Si3/c;1-5-7(4)6(2)3/h1H4;1-2,4-5H,3H2. The number of nitrogens with two attached hydrogens (primary N) is 1. The normalized spacial score (nSPS) is 6.50. The van der Waals surface area contributed by atoms with E-state index in [9.17, 15) is 0 Å². The molecule has 0 aliphatic rings. The molecule has 0 atom stereocenters. The summed E-state index contributed by atoms with van der Waals surface area (Å²) in [7, 11) is -3.54. The maximum atomic E-state index is 6.96. The highest BCUT2D eigenvalue weighted by molar-refractivity contribution is 7.31. The molecule has 0 fully saturated rings. The second-order valence-electron chi connectivity index (χ2n) is 0.972. The van der Waals surface area contributed by atoms with Crippen molar-refractivity contribution in [1.29, 1.82) is 15.2 Å². The molecule has 0 heterocycles. The number of hydrogen-bond donors (Lipinski definition) is 4. The molecular formula is CH10N4Si3. The Kier molecular flexibility index (Phi) is 6.72. The van der Waals surface area contributed by atoms with Gasteiger partial charge in [0.15, 0.2) is 7.62 Å². The Morgan fingerprint density at radius 1 is 1.38 bits per heavy atom. The molecule has 0 radical (unpaired) electrons. The van der Waals surface area contributed by atoms with Crippen molar-refractivity contribution in [3.63, 3.8) is 0 Å². The van der Waals surface area contributed by atoms with Crippen LogP contribution >= 0.6 is 0 Å². The van der Waals surface area contributed by atoms with E-state index in [1.807, 2.05) is 0 Å². The van der Waals surface area contributed by atoms with Gasteiger partial charge in [-0.3, -0.25) is 0 Å². The van der Waals surface area contributed by atoms with Gasteiger partial charge in [0, 0.05) is 0 Å². The highest BCUT2D eigenvalue weighted by Gasteiger charge is 1.96. The fourth-order valence-corrected chi connectivity index (χ4v) is 2.10. The molecule has 0 aliphatic heterocycles. The van der Waals surface area contributed by atoms with E-state index in [2.05, 4.69) is 0 Å². The molecule has 8 heavy (non-hydrogen) atoms. The summed E-state index contributed by atoms with van der Waals surface area (Å²) in [6.07, 6.45) is 0. The van der Waals surface area contributed by atoms with Crippen LogP contribution in [0.1, 0.15) is 7.43 Å². The Morgan fingerprint density at radius 2 is 1.75 bits per heavy atom. The molecule has 0 aromatic heterocycles. The first-order chi connectivity index (χ1) is 3.18. The van der Waals surface area contributed by atoms with Crippen LogP contribution < -0.4 is 5.40 Å². The first-order valence-electron chi connectivity index (χ1n) is 1.62. The molecule has 0 amide bonds. The Balaban J connectivity index is 0. The van der Waals surface area contributed by atoms with Crippen LogP contribution in [0, 0.1) is 15.2 Å². The lowest BCUT2D eigenvalue weighted by Crippen LogP contribution is -2.29. The summed E-state index contributed by atoms with van der Waals surface area (Å²) >= 11 is 0. The molecule has 46 valence electrons. The first-order valence-corrected chi connectivity index (χ1v) is 8.08. The molecule has 0 aliphatic carbocycles. The van der Waals surface area contributed by atoms with E-state index in [0.29, 0.717) is 0 Å². The third-order valence-corrected chi connectivity index (χ3v) is 8.01. The van der Waals surface area contributed by atoms with Gasteiger partial charge in [-0.1, -0.05) is 7.43 Å². The lowest BCUT2D eigenvalue weighted by molar-refractivity contribution is 1.53. The Morgan fingerprint density at radius 3 is 1.75 bits per heavy atom. The molecule has 0 saturated heterocycles. The zero-order valence-corrected chi connectivity index (χ0v) is 6.81. The average Bonchev–Trinajstić information content (AvgIpc) is 1.65. The van der Waals surface area contributed by atoms with E-state index in [-0.39, 0.29) is 7.43 Å². The van der Waals surface area contributed by atoms with Crippen LogP contribution in [0.2, 0.25) is 0 Å². The predicted octanol–water partition coefficient (Wildman–Crippen LogP) is -0.470. The van der Waals surface area contributed by atoms with Gasteiger partial charge < -0.3 is 20.6 Å². The summed E-state index contributed by atoms with van der Waals surface area (Å²) in [6, 6.07) is 0. The minimum Gasteiger partial charge on any atom is -0.419 e. The predicted molar refractivity (Wildman–Crippen MR) is 37.7 cm³/mol. The maximum Gasteiger partial charge on any atom is 0.254 e. The quantitative estimate of drug-likeness (QED) is 0.406. The van der Waals surface area contributed by atoms with Crippen LogP contribution in [0.25, 0.3) is 0 Å². The van der Waals surface area contributed by atoms with E-state index < -0.39 is 24.7 Å². The average molecular weight is 162 g/mol. The molecule has 0 rings (SSSR count). The molecule has 0 aromatic rings. The van der Waals surface area contributed by atoms with Crippen LogP contribution in [-0.2, 0) is 0 Å². The SMILES string of the molecule is C.N=[SiH][Si](=N)[Si](=N)N. The van der Waals surface area contributed by atoms with Gasteiger partial charge in [0.1, 0.15) is 8.83 Å². The first kappa shape index (κ1) is 10.8. The van der Waals surface area contributed by atoms with E-state index in [1.54, 1.807) is 0 Å². The number of rotatable bonds is 2. The molecule has 0 unspecified atom stereocenters. The van der Waals surface area contributed by atoms with Gasteiger partial charge in [-0.05, 0) is 0 Å². The largest absolute Gasteiger partial charge is 0.419 e. The Bertz CT molecular complexity index is 118. The zero-order valence-electron chi connectivity index (χ0n) is 3.65. The molecule has 7 heteroatoms. The van der Waals surface area contributed by atoms with Crippen LogP contribution in [0.15, 0.2) is 0 Å². The summed E-state index contributed by atoms with van der Waals surface area (Å²) in [5.41, 5.74) is 0. The second kappa shape index (κ2) is 5.00. The second-order valence-corrected chi connectivity index (χ2v) is 10.5. The van der Waals surface area contributed by atoms with Crippen LogP contribution in [0.5, 0.6) is 0 Å². The summed E-state index contributed by atoms with van der Waals surface area (Å²) in [5.74, 6) is 0. The zero-order chi connectivity index (χ0) is 5.86. The maximum absolute atomic E-state index is 6.96. The van der Waals surface area contributed by atoms with Crippen LogP contribution in [0.4, 0.5) is 0 Å². The molecule has 4 nitrogen and oxygen atoms in total. The van der Waals surface area contributed by atoms with Crippen molar-refractivity contribution in [2.75, 3.05) is 0 Å². The van der Waals surface area contributed by atoms with Gasteiger partial charge in [0.25, 0.3) is 8.27 Å². The summed E-state index contributed by atoms with van der Waals surface area (Å²) in [5, 5.41) is 25.6. The lowest BCUT2D eigenvalue weighted by Gasteiger charge is -1.80. The van der Waals surface area contributed by atoms with Crippen molar-refractivity contribution in [1.82, 2.24) is 0 Å². The summed E-state index contributed by atoms with van der Waals surface area (Å²) < 4.78 is 0. The van der Waals surface area contributed by atoms with Crippen LogP contribution in [0.3, 0.4) is 0 Å². The fourth-order valence-electron chi connectivity index (χ4n) is 0.0778. The molecule has 5 N–H and O–H groups in total. The lowest BCUT2D eigenvalue weighted by atomic mass is 12.0. The highest BCUT2D eigenvalue weighted by Crippen LogP contribution is 1.51. The smallest absolute Gasteiger partial charge is 0.254 e. The monoisotopic (exact) mass is 162 g/mol. The minimum absolute atomic E-state index is 0. The van der Waals surface area contributed by atoms with E-state index in [1.165, 1.54) is 0 Å². The van der Waals surface area contributed by atoms with E-state index in [0.717, 1.165) is 0 Å². The molecule has 0 spiro atoms. The molecule has 0 bridgehead atoms. The minimum atomic E-state index is -1.60. The van der Waals surface area contributed by atoms with Gasteiger partial charge in [0.2, 0.25) is 0 Å². The van der Waals surface area contributed by atoms with Gasteiger partial charge in [-0.15, -0.1) is 0 Å². The Labute approximate surface area is 53.4 Å². The third kappa shape index (κ3) is 4.02. The van der Waals surface area contributed by atoms with Crippen molar-refractivity contribution in [2.45, 2.75) is 7.43 Å².